The fourth-order valence-corrected chi connectivity index (χ4v) is 6.14. The fourth-order valence-electron chi connectivity index (χ4n) is 6.14. The van der Waals surface area contributed by atoms with Gasteiger partial charge in [-0.05, 0) is 60.2 Å². The summed E-state index contributed by atoms with van der Waals surface area (Å²) < 4.78 is 19.9. The molecule has 3 aromatic rings. The molecular weight excluding hydrogens is 457 g/mol. The Hall–Kier alpha value is -4.00. The number of hydrogen-bond donors (Lipinski definition) is 0. The van der Waals surface area contributed by atoms with E-state index in [1.807, 2.05) is 24.3 Å². The molecule has 0 unspecified atom stereocenters. The van der Waals surface area contributed by atoms with Crippen LogP contribution in [0.2, 0.25) is 0 Å². The van der Waals surface area contributed by atoms with Crippen LogP contribution in [0.3, 0.4) is 0 Å². The highest BCUT2D eigenvalue weighted by atomic mass is 19.1. The lowest BCUT2D eigenvalue weighted by molar-refractivity contribution is 0.0315. The molecule has 1 fully saturated rings. The molecule has 4 aliphatic rings. The quantitative estimate of drug-likeness (QED) is 0.511. The van der Waals surface area contributed by atoms with Crippen molar-refractivity contribution >= 4 is 17.8 Å². The molecule has 0 radical (unpaired) electrons. The number of fused-ring (bicyclic) bond motifs is 2. The summed E-state index contributed by atoms with van der Waals surface area (Å²) in [5.41, 5.74) is 3.94. The number of aliphatic imine (C=N–C) groups is 1. The number of ether oxygens (including phenoxy) is 1. The van der Waals surface area contributed by atoms with Gasteiger partial charge in [-0.25, -0.2) is 9.38 Å². The lowest BCUT2D eigenvalue weighted by Crippen LogP contribution is -2.56. The zero-order valence-corrected chi connectivity index (χ0v) is 19.6. The molecular formula is C29H24FN3O3. The smallest absolute Gasteiger partial charge is 0.288 e. The molecule has 1 atom stereocenters. The summed E-state index contributed by atoms with van der Waals surface area (Å²) in [4.78, 5) is 34.4. The highest BCUT2D eigenvalue weighted by Gasteiger charge is 2.55. The Balaban J connectivity index is 1.16. The molecule has 3 aromatic carbocycles. The number of rotatable bonds is 2. The van der Waals surface area contributed by atoms with E-state index in [0.29, 0.717) is 36.6 Å². The van der Waals surface area contributed by atoms with E-state index in [1.54, 1.807) is 24.3 Å². The van der Waals surface area contributed by atoms with Crippen molar-refractivity contribution in [3.05, 3.63) is 106 Å². The number of benzene rings is 3. The molecule has 0 bridgehead atoms. The largest absolute Gasteiger partial charge is 0.463 e. The molecule has 3 heterocycles. The van der Waals surface area contributed by atoms with E-state index in [-0.39, 0.29) is 29.7 Å². The van der Waals surface area contributed by atoms with Crippen molar-refractivity contribution in [2.45, 2.75) is 36.9 Å². The topological polar surface area (TPSA) is 62.2 Å². The first-order valence-electron chi connectivity index (χ1n) is 12.3. The summed E-state index contributed by atoms with van der Waals surface area (Å²) >= 11 is 0. The number of nitrogens with zero attached hydrogens (tertiary/aromatic N) is 3. The van der Waals surface area contributed by atoms with Crippen molar-refractivity contribution in [3.8, 4) is 0 Å². The Morgan fingerprint density at radius 1 is 0.889 bits per heavy atom. The van der Waals surface area contributed by atoms with E-state index in [9.17, 15) is 14.0 Å². The van der Waals surface area contributed by atoms with Gasteiger partial charge in [0.2, 0.25) is 0 Å². The van der Waals surface area contributed by atoms with E-state index < -0.39 is 5.54 Å². The van der Waals surface area contributed by atoms with Gasteiger partial charge < -0.3 is 9.64 Å². The van der Waals surface area contributed by atoms with E-state index in [2.05, 4.69) is 17.0 Å². The van der Waals surface area contributed by atoms with Gasteiger partial charge in [-0.1, -0.05) is 48.5 Å². The van der Waals surface area contributed by atoms with Crippen molar-refractivity contribution in [2.75, 3.05) is 13.2 Å². The van der Waals surface area contributed by atoms with Gasteiger partial charge in [0.15, 0.2) is 0 Å². The van der Waals surface area contributed by atoms with Crippen molar-refractivity contribution in [1.82, 2.24) is 9.80 Å². The molecule has 3 aliphatic heterocycles. The van der Waals surface area contributed by atoms with E-state index in [1.165, 1.54) is 28.2 Å². The van der Waals surface area contributed by atoms with Crippen LogP contribution in [-0.2, 0) is 11.2 Å². The van der Waals surface area contributed by atoms with E-state index in [4.69, 9.17) is 9.73 Å². The zero-order chi connectivity index (χ0) is 24.4. The van der Waals surface area contributed by atoms with Crippen molar-refractivity contribution < 1.29 is 18.7 Å². The van der Waals surface area contributed by atoms with Crippen LogP contribution >= 0.6 is 0 Å². The number of carbonyl (C=O) groups is 2. The maximum absolute atomic E-state index is 13.7. The molecule has 1 spiro atoms. The van der Waals surface area contributed by atoms with Crippen LogP contribution < -0.4 is 0 Å². The molecule has 36 heavy (non-hydrogen) atoms. The van der Waals surface area contributed by atoms with Gasteiger partial charge in [-0.3, -0.25) is 14.5 Å². The Kier molecular flexibility index (Phi) is 4.58. The summed E-state index contributed by atoms with van der Waals surface area (Å²) in [7, 11) is 0. The third-order valence-electron chi connectivity index (χ3n) is 7.94. The molecule has 1 aliphatic carbocycles. The van der Waals surface area contributed by atoms with E-state index >= 15 is 0 Å². The Morgan fingerprint density at radius 3 is 2.28 bits per heavy atom. The van der Waals surface area contributed by atoms with E-state index in [0.717, 1.165) is 18.5 Å². The number of amides is 2. The molecule has 0 N–H and O–H groups in total. The number of hydrogen-bond acceptors (Lipinski definition) is 5. The second kappa shape index (κ2) is 7.75. The second-order valence-electron chi connectivity index (χ2n) is 10.1. The zero-order valence-electron chi connectivity index (χ0n) is 19.6. The Bertz CT molecular complexity index is 1390. The van der Waals surface area contributed by atoms with Gasteiger partial charge in [-0.15, -0.1) is 0 Å². The average molecular weight is 482 g/mol. The Labute approximate surface area is 208 Å². The third-order valence-corrected chi connectivity index (χ3v) is 7.94. The fraction of sp³-hybridized carbons (Fsp3) is 0.276. The van der Waals surface area contributed by atoms with Crippen LogP contribution in [0.5, 0.6) is 0 Å². The van der Waals surface area contributed by atoms with Gasteiger partial charge in [0.25, 0.3) is 17.8 Å². The number of imide groups is 1. The van der Waals surface area contributed by atoms with Crippen LogP contribution in [-0.4, -0.2) is 52.4 Å². The minimum absolute atomic E-state index is 0.128. The highest BCUT2D eigenvalue weighted by molar-refractivity contribution is 6.21. The predicted molar refractivity (Wildman–Crippen MR) is 131 cm³/mol. The summed E-state index contributed by atoms with van der Waals surface area (Å²) in [6.45, 7) is 1.16. The molecule has 2 amide bonds. The van der Waals surface area contributed by atoms with Crippen molar-refractivity contribution in [3.63, 3.8) is 0 Å². The highest BCUT2D eigenvalue weighted by Crippen LogP contribution is 2.46. The maximum Gasteiger partial charge on any atom is 0.288 e. The second-order valence-corrected chi connectivity index (χ2v) is 10.1. The molecule has 7 heteroatoms. The van der Waals surface area contributed by atoms with Gasteiger partial charge in [0.05, 0.1) is 17.2 Å². The van der Waals surface area contributed by atoms with Gasteiger partial charge in [-0.2, -0.15) is 0 Å². The van der Waals surface area contributed by atoms with Crippen LogP contribution in [0.1, 0.15) is 56.3 Å². The monoisotopic (exact) mass is 481 g/mol. The van der Waals surface area contributed by atoms with Gasteiger partial charge in [0.1, 0.15) is 18.0 Å². The molecule has 0 aromatic heterocycles. The lowest BCUT2D eigenvalue weighted by Gasteiger charge is -2.44. The van der Waals surface area contributed by atoms with Crippen molar-refractivity contribution in [2.24, 2.45) is 4.99 Å². The number of amidine groups is 1. The first-order chi connectivity index (χ1) is 17.5. The minimum Gasteiger partial charge on any atom is -0.463 e. The summed E-state index contributed by atoms with van der Waals surface area (Å²) in [6, 6.07) is 22.2. The van der Waals surface area contributed by atoms with Crippen LogP contribution in [0.25, 0.3) is 0 Å². The molecule has 6 nitrogen and oxygen atoms in total. The van der Waals surface area contributed by atoms with Crippen LogP contribution in [0, 0.1) is 5.82 Å². The molecule has 180 valence electrons. The molecule has 7 rings (SSSR count). The Morgan fingerprint density at radius 2 is 1.56 bits per heavy atom. The molecule has 1 saturated carbocycles. The number of halogens is 1. The minimum atomic E-state index is -0.431. The van der Waals surface area contributed by atoms with Crippen LogP contribution in [0.15, 0.2) is 77.8 Å². The third kappa shape index (κ3) is 3.11. The normalized spacial score (nSPS) is 26.4. The average Bonchev–Trinajstić information content (AvgIpc) is 3.43. The summed E-state index contributed by atoms with van der Waals surface area (Å²) in [6.07, 6.45) is 2.04. The molecule has 0 saturated heterocycles. The predicted octanol–water partition coefficient (Wildman–Crippen LogP) is 4.36. The maximum atomic E-state index is 13.7. The van der Waals surface area contributed by atoms with Crippen molar-refractivity contribution in [1.29, 1.82) is 0 Å². The van der Waals surface area contributed by atoms with Gasteiger partial charge >= 0.3 is 0 Å². The standard InChI is InChI=1S/C29H24FN3O3/c30-20-11-9-19(10-12-20)25-22-6-2-1-5-18(22)13-14-32(25)28-31-29(17-36-28)15-21(16-29)33-26(34)23-7-3-4-8-24(23)27(33)35/h1-12,21,25H,13-17H2/t21?,25-,29?/m0/s1. The van der Waals surface area contributed by atoms with Crippen LogP contribution in [0.4, 0.5) is 4.39 Å². The number of carbonyl (C=O) groups excluding carboxylic acids is 2. The summed E-state index contributed by atoms with van der Waals surface area (Å²) in [5.74, 6) is -0.707. The SMILES string of the molecule is O=C1c2ccccc2C(=O)N1C1CC2(COC(N3CCc4ccccc4[C@@H]3c3ccc(F)cc3)=N2)C1. The summed E-state index contributed by atoms with van der Waals surface area (Å²) in [5, 5.41) is 0. The first-order valence-corrected chi connectivity index (χ1v) is 12.3. The first kappa shape index (κ1) is 21.3. The van der Waals surface area contributed by atoms with Gasteiger partial charge in [0, 0.05) is 12.6 Å². The lowest BCUT2D eigenvalue weighted by atomic mass is 9.73.